The summed E-state index contributed by atoms with van der Waals surface area (Å²) in [5.74, 6) is 0.162. The van der Waals surface area contributed by atoms with E-state index in [-0.39, 0.29) is 35.9 Å². The van der Waals surface area contributed by atoms with Gasteiger partial charge in [-0.1, -0.05) is 13.0 Å². The van der Waals surface area contributed by atoms with E-state index in [4.69, 9.17) is 10.9 Å². The molecule has 0 bridgehead atoms. The fourth-order valence-electron chi connectivity index (χ4n) is 2.98. The Morgan fingerprint density at radius 2 is 1.94 bits per heavy atom. The number of amidine groups is 1. The molecule has 1 atom stereocenters. The number of aliphatic imine (C=N–C) groups is 1. The molecular weight excluding hydrogens is 446 g/mol. The summed E-state index contributed by atoms with van der Waals surface area (Å²) in [6.45, 7) is 1.15. The van der Waals surface area contributed by atoms with Crippen LogP contribution in [0.1, 0.15) is 18.9 Å². The number of nitrogens with one attached hydrogen (secondary N) is 1. The molecule has 0 saturated heterocycles. The minimum atomic E-state index is -4.58. The molecule has 1 aliphatic rings. The predicted octanol–water partition coefficient (Wildman–Crippen LogP) is 0.197. The SMILES string of the molecule is CC[C@@H](CO)NS(=O)(=O)c1ccc(-c2ccc(N)nc2)c(C2=NCN=N2)c1S(N)(=O)=O. The Labute approximate surface area is 179 Å². The maximum absolute atomic E-state index is 13.0. The van der Waals surface area contributed by atoms with E-state index in [2.05, 4.69) is 24.9 Å². The van der Waals surface area contributed by atoms with Crippen LogP contribution in [0.25, 0.3) is 11.1 Å². The molecule has 2 heterocycles. The molecule has 3 rings (SSSR count). The molecule has 0 unspecified atom stereocenters. The van der Waals surface area contributed by atoms with Crippen LogP contribution in [-0.2, 0) is 20.0 Å². The number of aliphatic hydroxyl groups is 1. The van der Waals surface area contributed by atoms with Gasteiger partial charge in [0.05, 0.1) is 12.2 Å². The second kappa shape index (κ2) is 8.76. The molecule has 0 fully saturated rings. The summed E-state index contributed by atoms with van der Waals surface area (Å²) >= 11 is 0. The Kier molecular flexibility index (Phi) is 6.47. The Balaban J connectivity index is 2.36. The quantitative estimate of drug-likeness (QED) is 0.424. The molecule has 12 nitrogen and oxygen atoms in total. The van der Waals surface area contributed by atoms with Crippen LogP contribution in [0.3, 0.4) is 0 Å². The van der Waals surface area contributed by atoms with Crippen molar-refractivity contribution in [2.45, 2.75) is 29.2 Å². The fourth-order valence-corrected chi connectivity index (χ4v) is 5.89. The van der Waals surface area contributed by atoms with Crippen molar-refractivity contribution in [3.05, 3.63) is 36.0 Å². The second-order valence-electron chi connectivity index (χ2n) is 6.61. The topological polar surface area (TPSA) is 203 Å². The van der Waals surface area contributed by atoms with Crippen molar-refractivity contribution >= 4 is 31.7 Å². The average Bonchev–Trinajstić information content (AvgIpc) is 3.25. The Hall–Kier alpha value is -2.78. The van der Waals surface area contributed by atoms with Gasteiger partial charge in [-0.25, -0.2) is 36.7 Å². The lowest BCUT2D eigenvalue weighted by Gasteiger charge is -2.19. The molecule has 0 radical (unpaired) electrons. The summed E-state index contributed by atoms with van der Waals surface area (Å²) in [5.41, 5.74) is 6.23. The van der Waals surface area contributed by atoms with Gasteiger partial charge in [0.1, 0.15) is 15.6 Å². The Morgan fingerprint density at radius 3 is 2.45 bits per heavy atom. The number of anilines is 1. The van der Waals surface area contributed by atoms with Crippen molar-refractivity contribution in [2.24, 2.45) is 20.4 Å². The van der Waals surface area contributed by atoms with Crippen LogP contribution in [0.2, 0.25) is 0 Å². The molecule has 1 aromatic carbocycles. The summed E-state index contributed by atoms with van der Waals surface area (Å²) in [4.78, 5) is 6.79. The number of primary sulfonamides is 1. The number of nitrogens with zero attached hydrogens (tertiary/aromatic N) is 4. The predicted molar refractivity (Wildman–Crippen MR) is 113 cm³/mol. The monoisotopic (exact) mass is 467 g/mol. The van der Waals surface area contributed by atoms with E-state index < -0.39 is 42.5 Å². The summed E-state index contributed by atoms with van der Waals surface area (Å²) in [5, 5.41) is 22.4. The number of rotatable bonds is 8. The zero-order chi connectivity index (χ0) is 22.8. The average molecular weight is 468 g/mol. The van der Waals surface area contributed by atoms with E-state index in [0.717, 1.165) is 6.07 Å². The normalized spacial score (nSPS) is 15.1. The number of hydrogen-bond acceptors (Lipinski definition) is 10. The zero-order valence-electron chi connectivity index (χ0n) is 16.4. The number of sulfonamides is 2. The van der Waals surface area contributed by atoms with Crippen LogP contribution in [0, 0.1) is 0 Å². The van der Waals surface area contributed by atoms with Crippen LogP contribution in [0.5, 0.6) is 0 Å². The third-order valence-corrected chi connectivity index (χ3v) is 7.19. The van der Waals surface area contributed by atoms with Crippen molar-refractivity contribution in [1.29, 1.82) is 0 Å². The van der Waals surface area contributed by atoms with Gasteiger partial charge in [-0.2, -0.15) is 5.11 Å². The number of benzene rings is 1. The number of aromatic nitrogens is 1. The third-order valence-electron chi connectivity index (χ3n) is 4.50. The van der Waals surface area contributed by atoms with Crippen molar-refractivity contribution in [1.82, 2.24) is 9.71 Å². The molecule has 31 heavy (non-hydrogen) atoms. The van der Waals surface area contributed by atoms with Gasteiger partial charge in [-0.05, 0) is 30.2 Å². The molecule has 166 valence electrons. The van der Waals surface area contributed by atoms with Gasteiger partial charge >= 0.3 is 0 Å². The molecule has 0 amide bonds. The molecule has 2 aromatic rings. The minimum Gasteiger partial charge on any atom is -0.395 e. The molecule has 0 saturated carbocycles. The van der Waals surface area contributed by atoms with Crippen LogP contribution in [-0.4, -0.2) is 52.1 Å². The smallest absolute Gasteiger partial charge is 0.242 e. The van der Waals surface area contributed by atoms with E-state index in [0.29, 0.717) is 5.56 Å². The van der Waals surface area contributed by atoms with Gasteiger partial charge in [0.25, 0.3) is 0 Å². The van der Waals surface area contributed by atoms with Crippen molar-refractivity contribution in [3.63, 3.8) is 0 Å². The minimum absolute atomic E-state index is 0.0452. The maximum atomic E-state index is 13.0. The van der Waals surface area contributed by atoms with Crippen LogP contribution in [0.4, 0.5) is 5.82 Å². The first-order valence-corrected chi connectivity index (χ1v) is 12.1. The largest absolute Gasteiger partial charge is 0.395 e. The molecule has 6 N–H and O–H groups in total. The first-order chi connectivity index (χ1) is 14.6. The van der Waals surface area contributed by atoms with Crippen LogP contribution < -0.4 is 15.6 Å². The van der Waals surface area contributed by atoms with E-state index in [1.165, 1.54) is 18.3 Å². The van der Waals surface area contributed by atoms with Crippen LogP contribution in [0.15, 0.2) is 55.5 Å². The van der Waals surface area contributed by atoms with Gasteiger partial charge in [0.2, 0.25) is 20.0 Å². The number of nitrogens with two attached hydrogens (primary N) is 2. The summed E-state index contributed by atoms with van der Waals surface area (Å²) in [7, 11) is -8.97. The lowest BCUT2D eigenvalue weighted by molar-refractivity contribution is 0.253. The van der Waals surface area contributed by atoms with E-state index in [1.807, 2.05) is 0 Å². The number of azo groups is 1. The standard InChI is InChI=1S/C17H21N7O5S2/c1-2-11(8-25)24-31(28,29)13-5-4-12(10-3-6-14(18)20-7-10)15(16(13)30(19,26)27)17-21-9-22-23-17/h3-7,11,24-25H,2,8-9H2,1H3,(H2,18,20)(H2,19,26,27)/t11-/m0/s1. The lowest BCUT2D eigenvalue weighted by atomic mass is 10.00. The Bertz CT molecular complexity index is 1250. The first kappa shape index (κ1) is 22.9. The van der Waals surface area contributed by atoms with E-state index in [9.17, 15) is 21.9 Å². The van der Waals surface area contributed by atoms with E-state index >= 15 is 0 Å². The number of aliphatic hydroxyl groups excluding tert-OH is 1. The summed E-state index contributed by atoms with van der Waals surface area (Å²) in [6.07, 6.45) is 1.68. The lowest BCUT2D eigenvalue weighted by Crippen LogP contribution is -2.38. The fraction of sp³-hybridized carbons (Fsp3) is 0.294. The molecule has 14 heteroatoms. The number of pyridine rings is 1. The highest BCUT2D eigenvalue weighted by Gasteiger charge is 2.33. The maximum Gasteiger partial charge on any atom is 0.242 e. The number of hydrogen-bond donors (Lipinski definition) is 4. The highest BCUT2D eigenvalue weighted by atomic mass is 32.2. The van der Waals surface area contributed by atoms with Gasteiger partial charge in [-0.15, -0.1) is 5.11 Å². The van der Waals surface area contributed by atoms with Gasteiger partial charge in [0, 0.05) is 17.8 Å². The number of nitrogen functional groups attached to an aromatic ring is 1. The molecular formula is C17H21N7O5S2. The van der Waals surface area contributed by atoms with Gasteiger partial charge in [-0.3, -0.25) is 0 Å². The van der Waals surface area contributed by atoms with Crippen molar-refractivity contribution < 1.29 is 21.9 Å². The zero-order valence-corrected chi connectivity index (χ0v) is 18.1. The summed E-state index contributed by atoms with van der Waals surface area (Å²) < 4.78 is 53.6. The third kappa shape index (κ3) is 4.77. The van der Waals surface area contributed by atoms with Crippen LogP contribution >= 0.6 is 0 Å². The summed E-state index contributed by atoms with van der Waals surface area (Å²) in [6, 6.07) is 4.81. The molecule has 0 aliphatic carbocycles. The molecule has 0 spiro atoms. The highest BCUT2D eigenvalue weighted by molar-refractivity contribution is 7.92. The molecule has 1 aromatic heterocycles. The van der Waals surface area contributed by atoms with Gasteiger partial charge in [0.15, 0.2) is 12.5 Å². The first-order valence-electron chi connectivity index (χ1n) is 9.05. The Morgan fingerprint density at radius 1 is 1.19 bits per heavy atom. The second-order valence-corrected chi connectivity index (χ2v) is 9.79. The highest BCUT2D eigenvalue weighted by Crippen LogP contribution is 2.35. The van der Waals surface area contributed by atoms with Gasteiger partial charge < -0.3 is 10.8 Å². The molecule has 1 aliphatic heterocycles. The van der Waals surface area contributed by atoms with E-state index in [1.54, 1.807) is 13.0 Å². The van der Waals surface area contributed by atoms with Crippen molar-refractivity contribution in [3.8, 4) is 11.1 Å². The van der Waals surface area contributed by atoms with Crippen molar-refractivity contribution in [2.75, 3.05) is 19.0 Å².